The van der Waals surface area contributed by atoms with Gasteiger partial charge < -0.3 is 5.32 Å². The highest BCUT2D eigenvalue weighted by Gasteiger charge is 2.19. The Hall–Kier alpha value is -0.880. The molecule has 1 fully saturated rings. The largest absolute Gasteiger partial charge is 0.319 e. The van der Waals surface area contributed by atoms with Crippen LogP contribution in [0.5, 0.6) is 0 Å². The Morgan fingerprint density at radius 3 is 2.62 bits per heavy atom. The van der Waals surface area contributed by atoms with Gasteiger partial charge in [0, 0.05) is 18.7 Å². The number of rotatable bonds is 5. The predicted molar refractivity (Wildman–Crippen MR) is 87.3 cm³/mol. The normalized spacial score (nSPS) is 16.5. The fourth-order valence-electron chi connectivity index (χ4n) is 2.66. The van der Waals surface area contributed by atoms with Crippen molar-refractivity contribution in [3.05, 3.63) is 38.9 Å². The van der Waals surface area contributed by atoms with Crippen LogP contribution in [-0.4, -0.2) is 36.5 Å². The molecule has 2 rings (SSSR count). The fraction of sp³-hybridized carbons (Fsp3) is 0.571. The van der Waals surface area contributed by atoms with Crippen molar-refractivity contribution in [3.8, 4) is 0 Å². The zero-order valence-corrected chi connectivity index (χ0v) is 13.6. The molecule has 0 amide bonds. The standard InChI is InChI=1S/C14H20ClN3O2.ClH/c1-16-9-11-4-6-17(7-5-11)10-12-2-3-13(18(19)20)8-14(12)15;/h2-3,8,11,16H,4-7,9-10H2,1H3;1H. The number of nitro benzene ring substituents is 1. The van der Waals surface area contributed by atoms with Gasteiger partial charge in [0.2, 0.25) is 0 Å². The van der Waals surface area contributed by atoms with Crippen molar-refractivity contribution in [1.29, 1.82) is 0 Å². The Morgan fingerprint density at radius 1 is 1.43 bits per heavy atom. The summed E-state index contributed by atoms with van der Waals surface area (Å²) in [5.41, 5.74) is 1.01. The summed E-state index contributed by atoms with van der Waals surface area (Å²) in [6.45, 7) is 3.95. The molecule has 1 aliphatic rings. The second-order valence-electron chi connectivity index (χ2n) is 5.31. The Kier molecular flexibility index (Phi) is 7.39. The van der Waals surface area contributed by atoms with Crippen LogP contribution in [0, 0.1) is 16.0 Å². The van der Waals surface area contributed by atoms with Crippen molar-refractivity contribution in [2.45, 2.75) is 19.4 Å². The van der Waals surface area contributed by atoms with Crippen LogP contribution in [0.1, 0.15) is 18.4 Å². The third-order valence-corrected chi connectivity index (χ3v) is 4.19. The van der Waals surface area contributed by atoms with E-state index in [9.17, 15) is 10.1 Å². The van der Waals surface area contributed by atoms with Gasteiger partial charge in [0.05, 0.1) is 9.95 Å². The zero-order valence-electron chi connectivity index (χ0n) is 12.0. The minimum Gasteiger partial charge on any atom is -0.319 e. The quantitative estimate of drug-likeness (QED) is 0.664. The van der Waals surface area contributed by atoms with Gasteiger partial charge in [-0.25, -0.2) is 0 Å². The summed E-state index contributed by atoms with van der Waals surface area (Å²) in [7, 11) is 1.99. The van der Waals surface area contributed by atoms with E-state index >= 15 is 0 Å². The van der Waals surface area contributed by atoms with Crippen LogP contribution < -0.4 is 5.32 Å². The second-order valence-corrected chi connectivity index (χ2v) is 5.72. The molecule has 1 aromatic carbocycles. The van der Waals surface area contributed by atoms with E-state index in [-0.39, 0.29) is 18.1 Å². The van der Waals surface area contributed by atoms with Crippen LogP contribution in [0.15, 0.2) is 18.2 Å². The van der Waals surface area contributed by atoms with Gasteiger partial charge in [-0.1, -0.05) is 11.6 Å². The molecule has 0 aromatic heterocycles. The van der Waals surface area contributed by atoms with E-state index in [1.807, 2.05) is 7.05 Å². The molecule has 7 heteroatoms. The molecule has 0 aliphatic carbocycles. The van der Waals surface area contributed by atoms with Crippen molar-refractivity contribution in [3.63, 3.8) is 0 Å². The highest BCUT2D eigenvalue weighted by Crippen LogP contribution is 2.25. The molecular weight excluding hydrogens is 313 g/mol. The summed E-state index contributed by atoms with van der Waals surface area (Å²) < 4.78 is 0. The molecule has 0 unspecified atom stereocenters. The van der Waals surface area contributed by atoms with E-state index in [1.165, 1.54) is 25.0 Å². The first kappa shape index (κ1) is 18.2. The third-order valence-electron chi connectivity index (χ3n) is 3.84. The van der Waals surface area contributed by atoms with Crippen LogP contribution in [0.2, 0.25) is 5.02 Å². The van der Waals surface area contributed by atoms with E-state index in [2.05, 4.69) is 10.2 Å². The maximum Gasteiger partial charge on any atom is 0.270 e. The minimum atomic E-state index is -0.418. The summed E-state index contributed by atoms with van der Waals surface area (Å²) in [4.78, 5) is 12.6. The molecule has 1 aromatic rings. The molecule has 21 heavy (non-hydrogen) atoms. The second kappa shape index (κ2) is 8.54. The Balaban J connectivity index is 0.00000220. The number of nitrogens with one attached hydrogen (secondary N) is 1. The van der Waals surface area contributed by atoms with E-state index < -0.39 is 4.92 Å². The summed E-state index contributed by atoms with van der Waals surface area (Å²) in [5.74, 6) is 0.753. The van der Waals surface area contributed by atoms with Crippen molar-refractivity contribution < 1.29 is 4.92 Å². The molecule has 0 atom stereocenters. The number of hydrogen-bond donors (Lipinski definition) is 1. The molecule has 1 saturated heterocycles. The number of halogens is 2. The van der Waals surface area contributed by atoms with Crippen LogP contribution in [0.25, 0.3) is 0 Å². The van der Waals surface area contributed by atoms with E-state index in [1.54, 1.807) is 6.07 Å². The molecule has 1 heterocycles. The molecule has 118 valence electrons. The van der Waals surface area contributed by atoms with Crippen molar-refractivity contribution in [2.75, 3.05) is 26.7 Å². The number of nitrogens with zero attached hydrogens (tertiary/aromatic N) is 2. The van der Waals surface area contributed by atoms with Gasteiger partial charge >= 0.3 is 0 Å². The number of piperidine rings is 1. The van der Waals surface area contributed by atoms with Crippen LogP contribution in [-0.2, 0) is 6.54 Å². The van der Waals surface area contributed by atoms with Gasteiger partial charge in [0.25, 0.3) is 5.69 Å². The van der Waals surface area contributed by atoms with Gasteiger partial charge in [-0.3, -0.25) is 15.0 Å². The van der Waals surface area contributed by atoms with Gasteiger partial charge in [-0.2, -0.15) is 0 Å². The van der Waals surface area contributed by atoms with Gasteiger partial charge in [0.15, 0.2) is 0 Å². The lowest BCUT2D eigenvalue weighted by Gasteiger charge is -2.32. The lowest BCUT2D eigenvalue weighted by Crippen LogP contribution is -2.36. The van der Waals surface area contributed by atoms with Crippen molar-refractivity contribution in [2.24, 2.45) is 5.92 Å². The molecule has 0 bridgehead atoms. The first-order valence-electron chi connectivity index (χ1n) is 6.90. The summed E-state index contributed by atoms with van der Waals surface area (Å²) >= 11 is 6.13. The highest BCUT2D eigenvalue weighted by atomic mass is 35.5. The lowest BCUT2D eigenvalue weighted by molar-refractivity contribution is -0.384. The topological polar surface area (TPSA) is 58.4 Å². The summed E-state index contributed by atoms with van der Waals surface area (Å²) in [6, 6.07) is 4.72. The number of non-ortho nitro benzene ring substituents is 1. The molecule has 0 spiro atoms. The summed E-state index contributed by atoms with van der Waals surface area (Å²) in [6.07, 6.45) is 2.37. The van der Waals surface area contributed by atoms with Crippen molar-refractivity contribution >= 4 is 29.7 Å². The van der Waals surface area contributed by atoms with Crippen molar-refractivity contribution in [1.82, 2.24) is 10.2 Å². The monoisotopic (exact) mass is 333 g/mol. The maximum absolute atomic E-state index is 10.7. The number of nitro groups is 1. The van der Waals surface area contributed by atoms with Crippen LogP contribution >= 0.6 is 24.0 Å². The van der Waals surface area contributed by atoms with Gasteiger partial charge in [-0.05, 0) is 57.1 Å². The SMILES string of the molecule is CNCC1CCN(Cc2ccc([N+](=O)[O-])cc2Cl)CC1.Cl. The van der Waals surface area contributed by atoms with Gasteiger partial charge in [0.1, 0.15) is 0 Å². The highest BCUT2D eigenvalue weighted by molar-refractivity contribution is 6.31. The molecular formula is C14H21Cl2N3O2. The Labute approximate surface area is 136 Å². The van der Waals surface area contributed by atoms with E-state index in [4.69, 9.17) is 11.6 Å². The number of hydrogen-bond acceptors (Lipinski definition) is 4. The minimum absolute atomic E-state index is 0. The number of benzene rings is 1. The lowest BCUT2D eigenvalue weighted by atomic mass is 9.96. The molecule has 1 N–H and O–H groups in total. The fourth-order valence-corrected chi connectivity index (χ4v) is 2.89. The smallest absolute Gasteiger partial charge is 0.270 e. The third kappa shape index (κ3) is 5.11. The van der Waals surface area contributed by atoms with E-state index in [0.29, 0.717) is 5.02 Å². The summed E-state index contributed by atoms with van der Waals surface area (Å²) in [5, 5.41) is 14.4. The van der Waals surface area contributed by atoms with Crippen LogP contribution in [0.4, 0.5) is 5.69 Å². The Bertz CT molecular complexity index is 477. The maximum atomic E-state index is 10.7. The first-order chi connectivity index (χ1) is 9.60. The number of likely N-dealkylation sites (tertiary alicyclic amines) is 1. The Morgan fingerprint density at radius 2 is 2.10 bits per heavy atom. The molecule has 5 nitrogen and oxygen atoms in total. The molecule has 1 aliphatic heterocycles. The average Bonchev–Trinajstić information content (AvgIpc) is 2.43. The first-order valence-corrected chi connectivity index (χ1v) is 7.27. The average molecular weight is 334 g/mol. The predicted octanol–water partition coefficient (Wildman–Crippen LogP) is 3.10. The van der Waals surface area contributed by atoms with Crippen LogP contribution in [0.3, 0.4) is 0 Å². The zero-order chi connectivity index (χ0) is 14.5. The molecule has 0 radical (unpaired) electrons. The van der Waals surface area contributed by atoms with E-state index in [0.717, 1.165) is 37.7 Å². The van der Waals surface area contributed by atoms with Gasteiger partial charge in [-0.15, -0.1) is 12.4 Å². The molecule has 0 saturated carbocycles.